The van der Waals surface area contributed by atoms with Crippen molar-refractivity contribution < 1.29 is 0 Å². The molecule has 0 aliphatic rings. The molecule has 0 saturated heterocycles. The summed E-state index contributed by atoms with van der Waals surface area (Å²) in [5, 5.41) is 0. The van der Waals surface area contributed by atoms with Gasteiger partial charge in [-0.1, -0.05) is 8.58 Å². The van der Waals surface area contributed by atoms with Gasteiger partial charge >= 0.3 is 0 Å². The third-order valence-electron chi connectivity index (χ3n) is 0.256. The van der Waals surface area contributed by atoms with Gasteiger partial charge in [-0.3, -0.25) is 0 Å². The molecule has 0 rings (SSSR count). The quantitative estimate of drug-likeness (QED) is 0.391. The van der Waals surface area contributed by atoms with E-state index in [2.05, 4.69) is 12.6 Å². The summed E-state index contributed by atoms with van der Waals surface area (Å²) in [6.07, 6.45) is 0.795. The van der Waals surface area contributed by atoms with Crippen LogP contribution >= 0.6 is 21.2 Å². The molecule has 0 bridgehead atoms. The van der Waals surface area contributed by atoms with E-state index in [0.717, 1.165) is 20.4 Å². The van der Waals surface area contributed by atoms with Gasteiger partial charge in [-0.25, -0.2) is 0 Å². The molecule has 1 nitrogen and oxygen atoms in total. The van der Waals surface area contributed by atoms with Gasteiger partial charge in [0.25, 0.3) is 0 Å². The molecule has 0 saturated carbocycles. The molecule has 0 aliphatic heterocycles. The summed E-state index contributed by atoms with van der Waals surface area (Å²) in [6, 6.07) is 0. The molecule has 5 heavy (non-hydrogen) atoms. The van der Waals surface area contributed by atoms with Gasteiger partial charge in [0.15, 0.2) is 0 Å². The molecular weight excluding hydrogens is 101 g/mol. The van der Waals surface area contributed by atoms with E-state index in [1.807, 2.05) is 0 Å². The van der Waals surface area contributed by atoms with Gasteiger partial charge in [0.2, 0.25) is 0 Å². The van der Waals surface area contributed by atoms with Crippen LogP contribution in [0.2, 0.25) is 0 Å². The van der Waals surface area contributed by atoms with E-state index in [1.165, 1.54) is 0 Å². The van der Waals surface area contributed by atoms with Crippen molar-refractivity contribution in [2.24, 2.45) is 5.73 Å². The molecule has 0 radical (unpaired) electrons. The molecule has 0 aliphatic carbocycles. The van der Waals surface area contributed by atoms with Crippen molar-refractivity contribution in [3.05, 3.63) is 0 Å². The fourth-order valence-electron chi connectivity index (χ4n) is 0.0645. The molecule has 3 heteroatoms. The van der Waals surface area contributed by atoms with Crippen LogP contribution in [-0.4, -0.2) is 11.8 Å². The highest BCUT2D eigenvalue weighted by Gasteiger charge is 1.67. The Morgan fingerprint density at radius 2 is 2.40 bits per heavy atom. The van der Waals surface area contributed by atoms with E-state index in [1.54, 1.807) is 0 Å². The van der Waals surface area contributed by atoms with E-state index in [-0.39, 0.29) is 0 Å². The molecule has 0 aromatic rings. The Morgan fingerprint density at radius 1 is 1.80 bits per heavy atom. The molecule has 0 aromatic carbocycles. The Bertz CT molecular complexity index is 17.1. The Hall–Kier alpha value is 0.740. The van der Waals surface area contributed by atoms with Gasteiger partial charge in [-0.15, -0.1) is 0 Å². The molecule has 0 spiro atoms. The van der Waals surface area contributed by atoms with Crippen molar-refractivity contribution in [1.82, 2.24) is 0 Å². The second-order valence-corrected chi connectivity index (χ2v) is 2.79. The highest BCUT2D eigenvalue weighted by molar-refractivity contribution is 7.86. The van der Waals surface area contributed by atoms with Crippen LogP contribution in [0.25, 0.3) is 0 Å². The maximum atomic E-state index is 5.10. The van der Waals surface area contributed by atoms with Gasteiger partial charge in [0, 0.05) is 11.8 Å². The lowest BCUT2D eigenvalue weighted by Gasteiger charge is -1.81. The maximum absolute atomic E-state index is 5.10. The number of rotatable bonds is 2. The summed E-state index contributed by atoms with van der Waals surface area (Å²) < 4.78 is 0. The third kappa shape index (κ3) is 4.74. The zero-order valence-corrected chi connectivity index (χ0v) is 4.83. The van der Waals surface area contributed by atoms with Crippen molar-refractivity contribution in [2.45, 2.75) is 0 Å². The molecule has 2 N–H and O–H groups in total. The molecular formula is C2H8NPS. The fourth-order valence-corrected chi connectivity index (χ4v) is 0.581. The highest BCUT2D eigenvalue weighted by atomic mass is 32.1. The number of hydrogen-bond acceptors (Lipinski definition) is 2. The van der Waals surface area contributed by atoms with Crippen LogP contribution < -0.4 is 5.73 Å². The average Bonchev–Trinajstić information content (AvgIpc) is 1.41. The largest absolute Gasteiger partial charge is 0.327 e. The second kappa shape index (κ2) is 4.74. The molecule has 1 unspecified atom stereocenters. The predicted octanol–water partition coefficient (Wildman–Crippen LogP) is 0.468. The maximum Gasteiger partial charge on any atom is 0.0107 e. The lowest BCUT2D eigenvalue weighted by Crippen LogP contribution is -1.88. The van der Waals surface area contributed by atoms with Gasteiger partial charge in [-0.05, 0) is 0 Å². The van der Waals surface area contributed by atoms with Gasteiger partial charge in [-0.2, -0.15) is 12.6 Å². The first-order chi connectivity index (χ1) is 2.41. The van der Waals surface area contributed by atoms with E-state index in [9.17, 15) is 0 Å². The average molecular weight is 109 g/mol. The Kier molecular flexibility index (Phi) is 5.44. The first kappa shape index (κ1) is 5.74. The minimum atomic E-state index is 0.795. The third-order valence-corrected chi connectivity index (χ3v) is 1.44. The van der Waals surface area contributed by atoms with Crippen LogP contribution in [0.15, 0.2) is 0 Å². The van der Waals surface area contributed by atoms with Crippen molar-refractivity contribution in [3.63, 3.8) is 0 Å². The van der Waals surface area contributed by atoms with E-state index < -0.39 is 0 Å². The van der Waals surface area contributed by atoms with Gasteiger partial charge in [0.1, 0.15) is 0 Å². The van der Waals surface area contributed by atoms with Crippen LogP contribution in [0.5, 0.6) is 0 Å². The molecule has 32 valence electrons. The van der Waals surface area contributed by atoms with Crippen molar-refractivity contribution in [2.75, 3.05) is 11.8 Å². The molecule has 0 aromatic heterocycles. The Balaban J connectivity index is 2.19. The zero-order chi connectivity index (χ0) is 4.12. The first-order valence-electron chi connectivity index (χ1n) is 1.43. The first-order valence-corrected chi connectivity index (χ1v) is 3.48. The van der Waals surface area contributed by atoms with Gasteiger partial charge < -0.3 is 5.73 Å². The van der Waals surface area contributed by atoms with Crippen LogP contribution in [0, 0.1) is 0 Å². The molecule has 0 amide bonds. The van der Waals surface area contributed by atoms with Crippen molar-refractivity contribution in [3.8, 4) is 0 Å². The zero-order valence-electron chi connectivity index (χ0n) is 2.94. The summed E-state index contributed by atoms with van der Waals surface area (Å²) in [4.78, 5) is 0. The lowest BCUT2D eigenvalue weighted by molar-refractivity contribution is 1.39. The normalized spacial score (nSPS) is 10.8. The monoisotopic (exact) mass is 109 g/mol. The summed E-state index contributed by atoms with van der Waals surface area (Å²) >= 11 is 3.93. The minimum Gasteiger partial charge on any atom is -0.327 e. The standard InChI is InChI=1S/C2H8NPS/c3-1-4-2-5/h4-5H,1-3H2. The number of hydrogen-bond donors (Lipinski definition) is 2. The number of nitrogens with two attached hydrogens (primary N) is 1. The lowest BCUT2D eigenvalue weighted by atomic mass is 11.5. The van der Waals surface area contributed by atoms with E-state index >= 15 is 0 Å². The van der Waals surface area contributed by atoms with E-state index in [4.69, 9.17) is 5.73 Å². The van der Waals surface area contributed by atoms with Crippen LogP contribution in [-0.2, 0) is 0 Å². The molecule has 0 fully saturated rings. The fraction of sp³-hybridized carbons (Fsp3) is 1.00. The van der Waals surface area contributed by atoms with Crippen molar-refractivity contribution in [1.29, 1.82) is 0 Å². The molecule has 1 atom stereocenters. The molecule has 0 heterocycles. The minimum absolute atomic E-state index is 0.795. The van der Waals surface area contributed by atoms with Crippen LogP contribution in [0.4, 0.5) is 0 Å². The summed E-state index contributed by atoms with van der Waals surface area (Å²) in [5.74, 6) is 0. The van der Waals surface area contributed by atoms with Gasteiger partial charge in [0.05, 0.1) is 0 Å². The second-order valence-electron chi connectivity index (χ2n) is 0.612. The van der Waals surface area contributed by atoms with Crippen molar-refractivity contribution >= 4 is 21.2 Å². The number of thiol groups is 1. The highest BCUT2D eigenvalue weighted by Crippen LogP contribution is 2.04. The van der Waals surface area contributed by atoms with Crippen LogP contribution in [0.1, 0.15) is 0 Å². The summed E-state index contributed by atoms with van der Waals surface area (Å²) in [5.41, 5.74) is 6.04. The smallest absolute Gasteiger partial charge is 0.0107 e. The predicted molar refractivity (Wildman–Crippen MR) is 31.2 cm³/mol. The van der Waals surface area contributed by atoms with E-state index in [0.29, 0.717) is 0 Å². The Labute approximate surface area is 39.5 Å². The summed E-state index contributed by atoms with van der Waals surface area (Å²) in [7, 11) is 0.840. The summed E-state index contributed by atoms with van der Waals surface area (Å²) in [6.45, 7) is 0. The Morgan fingerprint density at radius 3 is 2.40 bits per heavy atom. The van der Waals surface area contributed by atoms with Crippen LogP contribution in [0.3, 0.4) is 0 Å². The SMILES string of the molecule is NCPCS. The topological polar surface area (TPSA) is 26.0 Å².